The van der Waals surface area contributed by atoms with Crippen molar-refractivity contribution in [2.24, 2.45) is 5.92 Å². The lowest BCUT2D eigenvalue weighted by atomic mass is 10.0. The van der Waals surface area contributed by atoms with E-state index >= 15 is 0 Å². The second-order valence-corrected chi connectivity index (χ2v) is 3.50. The third-order valence-electron chi connectivity index (χ3n) is 2.21. The van der Waals surface area contributed by atoms with Gasteiger partial charge in [0.15, 0.2) is 0 Å². The van der Waals surface area contributed by atoms with Crippen LogP contribution in [0.15, 0.2) is 0 Å². The van der Waals surface area contributed by atoms with E-state index in [1.807, 2.05) is 0 Å². The molecule has 0 aromatic heterocycles. The van der Waals surface area contributed by atoms with Crippen LogP contribution in [-0.2, 0) is 0 Å². The summed E-state index contributed by atoms with van der Waals surface area (Å²) in [5.41, 5.74) is 0. The molecule has 1 aliphatic rings. The fourth-order valence-electron chi connectivity index (χ4n) is 1.49. The third-order valence-corrected chi connectivity index (χ3v) is 2.21. The molecule has 1 saturated heterocycles. The highest BCUT2D eigenvalue weighted by Crippen LogP contribution is 2.17. The lowest BCUT2D eigenvalue weighted by molar-refractivity contribution is 0.436. The molecule has 1 rings (SSSR count). The molecule has 0 bridgehead atoms. The van der Waals surface area contributed by atoms with Gasteiger partial charge < -0.3 is 5.32 Å². The molecule has 2 atom stereocenters. The van der Waals surface area contributed by atoms with Gasteiger partial charge in [-0.2, -0.15) is 0 Å². The zero-order chi connectivity index (χ0) is 6.85. The summed E-state index contributed by atoms with van der Waals surface area (Å²) >= 11 is 0. The van der Waals surface area contributed by atoms with Gasteiger partial charge in [0.25, 0.3) is 0 Å². The van der Waals surface area contributed by atoms with Crippen LogP contribution < -0.4 is 5.32 Å². The molecule has 1 nitrogen and oxygen atoms in total. The van der Waals surface area contributed by atoms with Crippen LogP contribution in [-0.4, -0.2) is 12.1 Å². The molecule has 1 aliphatic heterocycles. The second kappa shape index (κ2) is 2.70. The molecule has 0 saturated carbocycles. The van der Waals surface area contributed by atoms with Gasteiger partial charge in [-0.1, -0.05) is 13.8 Å². The predicted molar refractivity (Wildman–Crippen MR) is 40.5 cm³/mol. The van der Waals surface area contributed by atoms with Crippen molar-refractivity contribution in [1.29, 1.82) is 0 Å². The Morgan fingerprint density at radius 3 is 2.22 bits per heavy atom. The standard InChI is InChI=1S/C8H17N/c1-6(2)8-5-4-7(3)9-8/h6-9H,4-5H2,1-3H3/t7-,8?/m1/s1. The summed E-state index contributed by atoms with van der Waals surface area (Å²) in [5.74, 6) is 0.815. The predicted octanol–water partition coefficient (Wildman–Crippen LogP) is 1.78. The highest BCUT2D eigenvalue weighted by molar-refractivity contribution is 4.82. The highest BCUT2D eigenvalue weighted by Gasteiger charge is 2.21. The normalized spacial score (nSPS) is 36.0. The van der Waals surface area contributed by atoms with Crippen molar-refractivity contribution < 1.29 is 0 Å². The average molecular weight is 127 g/mol. The molecule has 0 radical (unpaired) electrons. The molecule has 0 aliphatic carbocycles. The van der Waals surface area contributed by atoms with Crippen LogP contribution in [0.25, 0.3) is 0 Å². The van der Waals surface area contributed by atoms with Gasteiger partial charge >= 0.3 is 0 Å². The summed E-state index contributed by atoms with van der Waals surface area (Å²) < 4.78 is 0. The van der Waals surface area contributed by atoms with E-state index in [-0.39, 0.29) is 0 Å². The second-order valence-electron chi connectivity index (χ2n) is 3.50. The lowest BCUT2D eigenvalue weighted by Crippen LogP contribution is -2.31. The largest absolute Gasteiger partial charge is 0.311 e. The minimum absolute atomic E-state index is 0.761. The van der Waals surface area contributed by atoms with Crippen LogP contribution in [0.5, 0.6) is 0 Å². The molecule has 1 unspecified atom stereocenters. The van der Waals surface area contributed by atoms with Gasteiger partial charge in [0.2, 0.25) is 0 Å². The van der Waals surface area contributed by atoms with Crippen molar-refractivity contribution in [3.63, 3.8) is 0 Å². The summed E-state index contributed by atoms with van der Waals surface area (Å²) in [4.78, 5) is 0. The first-order chi connectivity index (χ1) is 4.20. The maximum absolute atomic E-state index is 3.55. The Labute approximate surface area is 57.8 Å². The SMILES string of the molecule is CC(C)C1CC[C@@H](C)N1. The summed E-state index contributed by atoms with van der Waals surface area (Å²) in [6.45, 7) is 6.84. The maximum atomic E-state index is 3.55. The van der Waals surface area contributed by atoms with Crippen molar-refractivity contribution in [2.75, 3.05) is 0 Å². The van der Waals surface area contributed by atoms with Gasteiger partial charge in [-0.25, -0.2) is 0 Å². The van der Waals surface area contributed by atoms with Gasteiger partial charge in [-0.3, -0.25) is 0 Å². The van der Waals surface area contributed by atoms with E-state index < -0.39 is 0 Å². The summed E-state index contributed by atoms with van der Waals surface area (Å²) in [7, 11) is 0. The minimum Gasteiger partial charge on any atom is -0.311 e. The lowest BCUT2D eigenvalue weighted by Gasteiger charge is -2.14. The van der Waals surface area contributed by atoms with E-state index in [0.717, 1.165) is 18.0 Å². The van der Waals surface area contributed by atoms with Crippen molar-refractivity contribution in [3.8, 4) is 0 Å². The first-order valence-electron chi connectivity index (χ1n) is 3.96. The Morgan fingerprint density at radius 2 is 2.00 bits per heavy atom. The van der Waals surface area contributed by atoms with Crippen molar-refractivity contribution in [2.45, 2.75) is 45.7 Å². The van der Waals surface area contributed by atoms with Crippen LogP contribution in [0.1, 0.15) is 33.6 Å². The first-order valence-corrected chi connectivity index (χ1v) is 3.96. The van der Waals surface area contributed by atoms with Crippen molar-refractivity contribution >= 4 is 0 Å². The Kier molecular flexibility index (Phi) is 2.12. The minimum atomic E-state index is 0.761. The van der Waals surface area contributed by atoms with Crippen LogP contribution in [0.3, 0.4) is 0 Å². The zero-order valence-electron chi connectivity index (χ0n) is 6.65. The molecule has 0 aromatic carbocycles. The maximum Gasteiger partial charge on any atom is 0.00931 e. The molecular weight excluding hydrogens is 110 g/mol. The van der Waals surface area contributed by atoms with Crippen LogP contribution >= 0.6 is 0 Å². The molecular formula is C8H17N. The molecule has 0 amide bonds. The van der Waals surface area contributed by atoms with Gasteiger partial charge in [0, 0.05) is 12.1 Å². The van der Waals surface area contributed by atoms with E-state index in [1.165, 1.54) is 12.8 Å². The van der Waals surface area contributed by atoms with Gasteiger partial charge in [0.1, 0.15) is 0 Å². The van der Waals surface area contributed by atoms with E-state index in [0.29, 0.717) is 0 Å². The van der Waals surface area contributed by atoms with Gasteiger partial charge in [-0.05, 0) is 25.7 Å². The zero-order valence-corrected chi connectivity index (χ0v) is 6.65. The Morgan fingerprint density at radius 1 is 1.33 bits per heavy atom. The number of nitrogens with one attached hydrogen (secondary N) is 1. The third kappa shape index (κ3) is 1.68. The summed E-state index contributed by atoms with van der Waals surface area (Å²) in [6, 6.07) is 1.55. The van der Waals surface area contributed by atoms with E-state index in [9.17, 15) is 0 Å². The van der Waals surface area contributed by atoms with Crippen molar-refractivity contribution in [3.05, 3.63) is 0 Å². The fraction of sp³-hybridized carbons (Fsp3) is 1.00. The molecule has 1 N–H and O–H groups in total. The molecule has 54 valence electrons. The number of hydrogen-bond acceptors (Lipinski definition) is 1. The molecule has 0 spiro atoms. The Bertz CT molecular complexity index is 88.6. The first kappa shape index (κ1) is 7.07. The Hall–Kier alpha value is -0.0400. The highest BCUT2D eigenvalue weighted by atomic mass is 15.0. The molecule has 1 heterocycles. The molecule has 1 heteroatoms. The number of hydrogen-bond donors (Lipinski definition) is 1. The van der Waals surface area contributed by atoms with Gasteiger partial charge in [-0.15, -0.1) is 0 Å². The van der Waals surface area contributed by atoms with Crippen LogP contribution in [0.4, 0.5) is 0 Å². The van der Waals surface area contributed by atoms with E-state index in [2.05, 4.69) is 26.1 Å². The molecule has 1 fully saturated rings. The number of rotatable bonds is 1. The van der Waals surface area contributed by atoms with Crippen LogP contribution in [0.2, 0.25) is 0 Å². The molecule has 9 heavy (non-hydrogen) atoms. The van der Waals surface area contributed by atoms with E-state index in [4.69, 9.17) is 0 Å². The molecule has 0 aromatic rings. The summed E-state index contributed by atoms with van der Waals surface area (Å²) in [5, 5.41) is 3.55. The van der Waals surface area contributed by atoms with E-state index in [1.54, 1.807) is 0 Å². The smallest absolute Gasteiger partial charge is 0.00931 e. The van der Waals surface area contributed by atoms with Crippen LogP contribution in [0, 0.1) is 5.92 Å². The fourth-order valence-corrected chi connectivity index (χ4v) is 1.49. The monoisotopic (exact) mass is 127 g/mol. The Balaban J connectivity index is 2.30. The van der Waals surface area contributed by atoms with Crippen molar-refractivity contribution in [1.82, 2.24) is 5.32 Å². The quantitative estimate of drug-likeness (QED) is 0.566. The topological polar surface area (TPSA) is 12.0 Å². The van der Waals surface area contributed by atoms with Gasteiger partial charge in [0.05, 0.1) is 0 Å². The average Bonchev–Trinajstić information content (AvgIpc) is 2.14. The summed E-state index contributed by atoms with van der Waals surface area (Å²) in [6.07, 6.45) is 2.74.